The molecule has 0 spiro atoms. The first-order valence-electron chi connectivity index (χ1n) is 4.90. The Morgan fingerprint density at radius 2 is 2.38 bits per heavy atom. The minimum absolute atomic E-state index is 0.621. The van der Waals surface area contributed by atoms with Crippen LogP contribution >= 0.6 is 0 Å². The van der Waals surface area contributed by atoms with Crippen molar-refractivity contribution in [2.24, 2.45) is 0 Å². The van der Waals surface area contributed by atoms with E-state index in [1.807, 2.05) is 10.9 Å². The third-order valence-corrected chi connectivity index (χ3v) is 2.14. The van der Waals surface area contributed by atoms with Crippen molar-refractivity contribution in [3.63, 3.8) is 0 Å². The van der Waals surface area contributed by atoms with Crippen LogP contribution < -0.4 is 5.32 Å². The summed E-state index contributed by atoms with van der Waals surface area (Å²) in [4.78, 5) is 0. The van der Waals surface area contributed by atoms with Crippen LogP contribution in [0.2, 0.25) is 0 Å². The second kappa shape index (κ2) is 5.70. The summed E-state index contributed by atoms with van der Waals surface area (Å²) in [6.07, 6.45) is 5.89. The van der Waals surface area contributed by atoms with Crippen molar-refractivity contribution < 1.29 is 0 Å². The van der Waals surface area contributed by atoms with E-state index in [1.165, 1.54) is 6.42 Å². The monoisotopic (exact) mass is 182 g/mol. The second-order valence-corrected chi connectivity index (χ2v) is 3.28. The van der Waals surface area contributed by atoms with Crippen LogP contribution in [0.3, 0.4) is 0 Å². The summed E-state index contributed by atoms with van der Waals surface area (Å²) in [5.41, 5.74) is 0. The summed E-state index contributed by atoms with van der Waals surface area (Å²) in [5, 5.41) is 11.1. The molecule has 0 aliphatic heterocycles. The van der Waals surface area contributed by atoms with Crippen LogP contribution in [-0.2, 0) is 6.54 Å². The molecule has 1 aromatic heterocycles. The van der Waals surface area contributed by atoms with E-state index in [-0.39, 0.29) is 0 Å². The van der Waals surface area contributed by atoms with Crippen molar-refractivity contribution in [2.75, 3.05) is 6.54 Å². The van der Waals surface area contributed by atoms with Crippen molar-refractivity contribution in [3.8, 4) is 0 Å². The molecule has 1 N–H and O–H groups in total. The molecule has 13 heavy (non-hydrogen) atoms. The summed E-state index contributed by atoms with van der Waals surface area (Å²) in [7, 11) is 0. The number of hydrogen-bond donors (Lipinski definition) is 1. The maximum absolute atomic E-state index is 3.89. The largest absolute Gasteiger partial charge is 0.314 e. The van der Waals surface area contributed by atoms with Gasteiger partial charge in [0.05, 0.1) is 6.20 Å². The van der Waals surface area contributed by atoms with Gasteiger partial charge in [0.2, 0.25) is 0 Å². The van der Waals surface area contributed by atoms with Gasteiger partial charge >= 0.3 is 0 Å². The van der Waals surface area contributed by atoms with Crippen LogP contribution in [0.5, 0.6) is 0 Å². The molecule has 0 aliphatic carbocycles. The molecule has 0 radical (unpaired) electrons. The van der Waals surface area contributed by atoms with Crippen LogP contribution in [-0.4, -0.2) is 27.6 Å². The molecule has 0 saturated carbocycles. The Labute approximate surface area is 79.3 Å². The first-order chi connectivity index (χ1) is 6.33. The first-order valence-corrected chi connectivity index (χ1v) is 4.90. The maximum Gasteiger partial charge on any atom is 0.0692 e. The van der Waals surface area contributed by atoms with Gasteiger partial charge in [0.15, 0.2) is 0 Å². The van der Waals surface area contributed by atoms with Gasteiger partial charge in [-0.1, -0.05) is 12.1 Å². The zero-order chi connectivity index (χ0) is 9.52. The average molecular weight is 182 g/mol. The lowest BCUT2D eigenvalue weighted by Crippen LogP contribution is -2.26. The van der Waals surface area contributed by atoms with Crippen molar-refractivity contribution in [3.05, 3.63) is 12.4 Å². The summed E-state index contributed by atoms with van der Waals surface area (Å²) < 4.78 is 1.86. The number of hydrogen-bond acceptors (Lipinski definition) is 3. The van der Waals surface area contributed by atoms with E-state index >= 15 is 0 Å². The lowest BCUT2D eigenvalue weighted by atomic mass is 10.2. The second-order valence-electron chi connectivity index (χ2n) is 3.28. The molecule has 0 bridgehead atoms. The lowest BCUT2D eigenvalue weighted by Gasteiger charge is -2.10. The fourth-order valence-electron chi connectivity index (χ4n) is 1.09. The zero-order valence-electron chi connectivity index (χ0n) is 8.40. The molecular weight excluding hydrogens is 164 g/mol. The van der Waals surface area contributed by atoms with Crippen LogP contribution in [0.4, 0.5) is 0 Å². The Morgan fingerprint density at radius 1 is 1.54 bits per heavy atom. The van der Waals surface area contributed by atoms with E-state index in [0.29, 0.717) is 6.04 Å². The number of rotatable bonds is 6. The number of nitrogens with one attached hydrogen (secondary N) is 1. The smallest absolute Gasteiger partial charge is 0.0692 e. The van der Waals surface area contributed by atoms with Gasteiger partial charge in [0, 0.05) is 18.8 Å². The highest BCUT2D eigenvalue weighted by atomic mass is 15.4. The van der Waals surface area contributed by atoms with E-state index in [2.05, 4.69) is 29.5 Å². The van der Waals surface area contributed by atoms with Gasteiger partial charge in [-0.3, -0.25) is 4.68 Å². The molecule has 4 nitrogen and oxygen atoms in total. The molecule has 0 fully saturated rings. The molecule has 0 amide bonds. The highest BCUT2D eigenvalue weighted by molar-refractivity contribution is 4.64. The summed E-state index contributed by atoms with van der Waals surface area (Å²) in [5.74, 6) is 0. The highest BCUT2D eigenvalue weighted by Gasteiger charge is 1.96. The van der Waals surface area contributed by atoms with Gasteiger partial charge in [-0.05, 0) is 26.3 Å². The predicted octanol–water partition coefficient (Wildman–Crippen LogP) is 1.06. The molecule has 0 aromatic carbocycles. The topological polar surface area (TPSA) is 42.7 Å². The minimum atomic E-state index is 0.621. The Morgan fingerprint density at radius 3 is 3.00 bits per heavy atom. The van der Waals surface area contributed by atoms with E-state index in [4.69, 9.17) is 0 Å². The third-order valence-electron chi connectivity index (χ3n) is 2.14. The van der Waals surface area contributed by atoms with Gasteiger partial charge in [-0.2, -0.15) is 0 Å². The Hall–Kier alpha value is -0.900. The van der Waals surface area contributed by atoms with Gasteiger partial charge < -0.3 is 5.32 Å². The molecule has 1 unspecified atom stereocenters. The van der Waals surface area contributed by atoms with E-state index < -0.39 is 0 Å². The van der Waals surface area contributed by atoms with E-state index in [9.17, 15) is 0 Å². The van der Waals surface area contributed by atoms with Crippen molar-refractivity contribution in [2.45, 2.75) is 39.3 Å². The Kier molecular flexibility index (Phi) is 4.46. The minimum Gasteiger partial charge on any atom is -0.314 e. The molecule has 74 valence electrons. The summed E-state index contributed by atoms with van der Waals surface area (Å²) in [6.45, 7) is 6.39. The normalized spacial score (nSPS) is 13.1. The molecule has 0 saturated heterocycles. The fourth-order valence-corrected chi connectivity index (χ4v) is 1.09. The van der Waals surface area contributed by atoms with Crippen molar-refractivity contribution >= 4 is 0 Å². The first kappa shape index (κ1) is 10.2. The van der Waals surface area contributed by atoms with Gasteiger partial charge in [-0.25, -0.2) is 0 Å². The van der Waals surface area contributed by atoms with Crippen LogP contribution in [0.15, 0.2) is 12.4 Å². The zero-order valence-corrected chi connectivity index (χ0v) is 8.40. The van der Waals surface area contributed by atoms with E-state index in [0.717, 1.165) is 19.5 Å². The highest BCUT2D eigenvalue weighted by Crippen LogP contribution is 1.90. The third kappa shape index (κ3) is 4.03. The van der Waals surface area contributed by atoms with Crippen LogP contribution in [0, 0.1) is 0 Å². The Bertz CT molecular complexity index is 207. The van der Waals surface area contributed by atoms with Crippen LogP contribution in [0.25, 0.3) is 0 Å². The van der Waals surface area contributed by atoms with Gasteiger partial charge in [0.1, 0.15) is 0 Å². The lowest BCUT2D eigenvalue weighted by molar-refractivity contribution is 0.484. The molecule has 1 rings (SSSR count). The fraction of sp³-hybridized carbons (Fsp3) is 0.778. The number of nitrogens with zero attached hydrogens (tertiary/aromatic N) is 3. The van der Waals surface area contributed by atoms with Crippen molar-refractivity contribution in [1.82, 2.24) is 20.3 Å². The SMILES string of the molecule is CCC(C)NCCCn1ccnn1. The molecule has 0 aliphatic rings. The van der Waals surface area contributed by atoms with Gasteiger partial charge in [-0.15, -0.1) is 5.10 Å². The molecule has 1 heterocycles. The molecule has 4 heteroatoms. The average Bonchev–Trinajstić information content (AvgIpc) is 2.64. The molecule has 1 atom stereocenters. The predicted molar refractivity (Wildman–Crippen MR) is 52.4 cm³/mol. The van der Waals surface area contributed by atoms with Crippen LogP contribution in [0.1, 0.15) is 26.7 Å². The standard InChI is InChI=1S/C9H18N4/c1-3-9(2)10-5-4-7-13-8-6-11-12-13/h6,8-10H,3-5,7H2,1-2H3. The summed E-state index contributed by atoms with van der Waals surface area (Å²) >= 11 is 0. The maximum atomic E-state index is 3.89. The summed E-state index contributed by atoms with van der Waals surface area (Å²) in [6, 6.07) is 0.621. The molecular formula is C9H18N4. The quantitative estimate of drug-likeness (QED) is 0.669. The van der Waals surface area contributed by atoms with Crippen molar-refractivity contribution in [1.29, 1.82) is 0 Å². The Balaban J connectivity index is 2.02. The number of aryl methyl sites for hydroxylation is 1. The van der Waals surface area contributed by atoms with Gasteiger partial charge in [0.25, 0.3) is 0 Å². The van der Waals surface area contributed by atoms with E-state index in [1.54, 1.807) is 6.20 Å². The molecule has 1 aromatic rings. The number of aromatic nitrogens is 3.